The zero-order valence-corrected chi connectivity index (χ0v) is 23.2. The van der Waals surface area contributed by atoms with Crippen LogP contribution in [0.15, 0.2) is 29.4 Å². The van der Waals surface area contributed by atoms with Gasteiger partial charge in [-0.15, -0.1) is 21.5 Å². The van der Waals surface area contributed by atoms with E-state index in [1.54, 1.807) is 14.0 Å². The zero-order valence-electron chi connectivity index (χ0n) is 21.5. The van der Waals surface area contributed by atoms with Crippen molar-refractivity contribution in [3.05, 3.63) is 46.1 Å². The summed E-state index contributed by atoms with van der Waals surface area (Å²) in [6.45, 7) is 6.62. The van der Waals surface area contributed by atoms with Crippen LogP contribution in [0.25, 0.3) is 0 Å². The van der Waals surface area contributed by atoms with Gasteiger partial charge in [-0.1, -0.05) is 11.8 Å². The molecule has 1 N–H and O–H groups in total. The molecular formula is C26H32N4O5S2. The molecule has 1 aliphatic rings. The fourth-order valence-corrected chi connectivity index (χ4v) is 6.38. The molecule has 37 heavy (non-hydrogen) atoms. The summed E-state index contributed by atoms with van der Waals surface area (Å²) in [5.74, 6) is 1.69. The number of ether oxygens (including phenoxy) is 3. The van der Waals surface area contributed by atoms with Crippen molar-refractivity contribution >= 4 is 40.0 Å². The van der Waals surface area contributed by atoms with E-state index in [4.69, 9.17) is 14.2 Å². The first-order valence-corrected chi connectivity index (χ1v) is 14.2. The largest absolute Gasteiger partial charge is 0.497 e. The Morgan fingerprint density at radius 1 is 1.14 bits per heavy atom. The van der Waals surface area contributed by atoms with Gasteiger partial charge in [-0.05, 0) is 76.3 Å². The van der Waals surface area contributed by atoms with E-state index in [2.05, 4.69) is 15.5 Å². The van der Waals surface area contributed by atoms with Gasteiger partial charge in [0.25, 0.3) is 0 Å². The average Bonchev–Trinajstić information content (AvgIpc) is 3.48. The number of carbonyl (C=O) groups is 2. The molecule has 4 rings (SSSR count). The van der Waals surface area contributed by atoms with Crippen LogP contribution in [-0.2, 0) is 28.9 Å². The smallest absolute Gasteiger partial charge is 0.341 e. The van der Waals surface area contributed by atoms with Crippen LogP contribution >= 0.6 is 23.1 Å². The molecular weight excluding hydrogens is 512 g/mol. The van der Waals surface area contributed by atoms with Gasteiger partial charge in [0.1, 0.15) is 16.5 Å². The number of anilines is 1. The van der Waals surface area contributed by atoms with E-state index >= 15 is 0 Å². The summed E-state index contributed by atoms with van der Waals surface area (Å²) in [4.78, 5) is 26.7. The Morgan fingerprint density at radius 2 is 1.86 bits per heavy atom. The number of fused-ring (bicyclic) bond motifs is 1. The fourth-order valence-electron chi connectivity index (χ4n) is 4.28. The van der Waals surface area contributed by atoms with Gasteiger partial charge >= 0.3 is 5.97 Å². The minimum absolute atomic E-state index is 0.136. The van der Waals surface area contributed by atoms with Gasteiger partial charge in [-0.2, -0.15) is 0 Å². The third-order valence-corrected chi connectivity index (χ3v) is 8.21. The number of thioether (sulfide) groups is 1. The number of rotatable bonds is 11. The van der Waals surface area contributed by atoms with Gasteiger partial charge in [-0.3, -0.25) is 4.79 Å². The predicted octanol–water partition coefficient (Wildman–Crippen LogP) is 5.29. The minimum Gasteiger partial charge on any atom is -0.497 e. The molecule has 0 spiro atoms. The van der Waals surface area contributed by atoms with Crippen LogP contribution in [0.3, 0.4) is 0 Å². The van der Waals surface area contributed by atoms with Crippen LogP contribution in [0.5, 0.6) is 11.5 Å². The summed E-state index contributed by atoms with van der Waals surface area (Å²) >= 11 is 2.79. The van der Waals surface area contributed by atoms with Crippen LogP contribution < -0.4 is 14.8 Å². The van der Waals surface area contributed by atoms with Crippen molar-refractivity contribution < 1.29 is 23.8 Å². The first-order chi connectivity index (χ1) is 17.9. The molecule has 2 aromatic heterocycles. The number of nitrogens with one attached hydrogen (secondary N) is 1. The van der Waals surface area contributed by atoms with Gasteiger partial charge in [0.2, 0.25) is 5.91 Å². The standard InChI is InChI=1S/C26H32N4O5S2/c1-5-30-23(16(3)35-18-13-11-17(33-4)12-14-18)28-29-26(30)36-15-21(31)27-24-22(25(32)34-6-2)19-9-7-8-10-20(19)37-24/h11-14,16H,5-10,15H2,1-4H3,(H,27,31). The van der Waals surface area contributed by atoms with E-state index < -0.39 is 0 Å². The van der Waals surface area contributed by atoms with Crippen molar-refractivity contribution in [2.45, 2.75) is 64.3 Å². The number of hydrogen-bond donors (Lipinski definition) is 1. The second-order valence-corrected chi connectivity index (χ2v) is 10.5. The monoisotopic (exact) mass is 544 g/mol. The Hall–Kier alpha value is -3.05. The molecule has 0 fully saturated rings. The number of carbonyl (C=O) groups excluding carboxylic acids is 2. The summed E-state index contributed by atoms with van der Waals surface area (Å²) in [5.41, 5.74) is 1.54. The lowest BCUT2D eigenvalue weighted by molar-refractivity contribution is -0.113. The predicted molar refractivity (Wildman–Crippen MR) is 144 cm³/mol. The van der Waals surface area contributed by atoms with Crippen LogP contribution in [0.1, 0.15) is 66.3 Å². The maximum atomic E-state index is 12.9. The normalized spacial score (nSPS) is 13.5. The molecule has 1 aromatic carbocycles. The Kier molecular flexibility index (Phi) is 9.09. The fraction of sp³-hybridized carbons (Fsp3) is 0.462. The first-order valence-electron chi connectivity index (χ1n) is 12.4. The summed E-state index contributed by atoms with van der Waals surface area (Å²) in [5, 5.41) is 12.8. The topological polar surface area (TPSA) is 105 Å². The SMILES string of the molecule is CCOC(=O)c1c(NC(=O)CSc2nnc(C(C)Oc3ccc(OC)cc3)n2CC)sc2c1CCCC2. The molecule has 1 unspecified atom stereocenters. The van der Waals surface area contributed by atoms with Crippen molar-refractivity contribution in [3.8, 4) is 11.5 Å². The van der Waals surface area contributed by atoms with Crippen molar-refractivity contribution in [1.82, 2.24) is 14.8 Å². The lowest BCUT2D eigenvalue weighted by Gasteiger charge is -2.16. The third-order valence-electron chi connectivity index (χ3n) is 6.03. The summed E-state index contributed by atoms with van der Waals surface area (Å²) in [6, 6.07) is 7.36. The minimum atomic E-state index is -0.369. The Labute approximate surface area is 224 Å². The van der Waals surface area contributed by atoms with Crippen LogP contribution in [-0.4, -0.2) is 46.1 Å². The summed E-state index contributed by atoms with van der Waals surface area (Å²) in [7, 11) is 1.62. The molecule has 2 heterocycles. The number of aryl methyl sites for hydroxylation is 1. The molecule has 0 aliphatic heterocycles. The van der Waals surface area contributed by atoms with Gasteiger partial charge in [0.05, 0.1) is 25.0 Å². The molecule has 0 bridgehead atoms. The van der Waals surface area contributed by atoms with E-state index in [1.807, 2.05) is 42.7 Å². The molecule has 198 valence electrons. The van der Waals surface area contributed by atoms with E-state index in [0.29, 0.717) is 40.4 Å². The van der Waals surface area contributed by atoms with E-state index in [-0.39, 0.29) is 23.7 Å². The lowest BCUT2D eigenvalue weighted by atomic mass is 9.95. The maximum Gasteiger partial charge on any atom is 0.341 e. The molecule has 3 aromatic rings. The molecule has 0 radical (unpaired) electrons. The lowest BCUT2D eigenvalue weighted by Crippen LogP contribution is -2.17. The van der Waals surface area contributed by atoms with E-state index in [0.717, 1.165) is 37.0 Å². The number of thiophene rings is 1. The van der Waals surface area contributed by atoms with Crippen molar-refractivity contribution in [2.24, 2.45) is 0 Å². The quantitative estimate of drug-likeness (QED) is 0.256. The zero-order chi connectivity index (χ0) is 26.4. The highest BCUT2D eigenvalue weighted by atomic mass is 32.2. The molecule has 1 aliphatic carbocycles. The molecule has 11 heteroatoms. The number of hydrogen-bond acceptors (Lipinski definition) is 9. The molecule has 0 saturated heterocycles. The van der Waals surface area contributed by atoms with Crippen LogP contribution in [0, 0.1) is 0 Å². The molecule has 1 amide bonds. The van der Waals surface area contributed by atoms with Gasteiger partial charge in [0.15, 0.2) is 17.1 Å². The van der Waals surface area contributed by atoms with Gasteiger partial charge in [0, 0.05) is 11.4 Å². The Balaban J connectivity index is 1.42. The maximum absolute atomic E-state index is 12.9. The molecule has 1 atom stereocenters. The average molecular weight is 545 g/mol. The summed E-state index contributed by atoms with van der Waals surface area (Å²) < 4.78 is 18.5. The Bertz CT molecular complexity index is 1240. The highest BCUT2D eigenvalue weighted by Crippen LogP contribution is 2.38. The first kappa shape index (κ1) is 27.0. The highest BCUT2D eigenvalue weighted by Gasteiger charge is 2.27. The van der Waals surface area contributed by atoms with Crippen LogP contribution in [0.4, 0.5) is 5.00 Å². The van der Waals surface area contributed by atoms with E-state index in [9.17, 15) is 9.59 Å². The number of methoxy groups -OCH3 is 1. The number of nitrogens with zero attached hydrogens (tertiary/aromatic N) is 3. The van der Waals surface area contributed by atoms with Crippen molar-refractivity contribution in [2.75, 3.05) is 24.8 Å². The third kappa shape index (κ3) is 6.27. The number of esters is 1. The van der Waals surface area contributed by atoms with Crippen LogP contribution in [0.2, 0.25) is 0 Å². The highest BCUT2D eigenvalue weighted by molar-refractivity contribution is 7.99. The summed E-state index contributed by atoms with van der Waals surface area (Å²) in [6.07, 6.45) is 3.55. The molecule has 9 nitrogen and oxygen atoms in total. The van der Waals surface area contributed by atoms with Crippen molar-refractivity contribution in [3.63, 3.8) is 0 Å². The van der Waals surface area contributed by atoms with Gasteiger partial charge in [-0.25, -0.2) is 4.79 Å². The van der Waals surface area contributed by atoms with E-state index in [1.165, 1.54) is 28.0 Å². The second-order valence-electron chi connectivity index (χ2n) is 8.49. The molecule has 0 saturated carbocycles. The number of aromatic nitrogens is 3. The Morgan fingerprint density at radius 3 is 2.57 bits per heavy atom. The number of benzene rings is 1. The number of amides is 1. The second kappa shape index (κ2) is 12.5. The van der Waals surface area contributed by atoms with Gasteiger partial charge < -0.3 is 24.1 Å². The van der Waals surface area contributed by atoms with Crippen molar-refractivity contribution in [1.29, 1.82) is 0 Å².